The van der Waals surface area contributed by atoms with E-state index in [1.54, 1.807) is 6.07 Å². The third kappa shape index (κ3) is 0.998. The first-order chi connectivity index (χ1) is 4.86. The van der Waals surface area contributed by atoms with Gasteiger partial charge in [-0.3, -0.25) is 4.98 Å². The molecular weight excluding hydrogens is 133 g/mol. The molecule has 1 saturated heterocycles. The van der Waals surface area contributed by atoms with Gasteiger partial charge in [-0.1, -0.05) is 0 Å². The minimum absolute atomic E-state index is 0.126. The number of halogens is 1. The number of pyridine rings is 1. The molecule has 0 unspecified atom stereocenters. The van der Waals surface area contributed by atoms with Gasteiger partial charge in [0, 0.05) is 0 Å². The van der Waals surface area contributed by atoms with Crippen LogP contribution >= 0.6 is 0 Å². The first-order valence-electron chi connectivity index (χ1n) is 3.09. The summed E-state index contributed by atoms with van der Waals surface area (Å²) in [6.45, 7) is 0.721. The highest BCUT2D eigenvalue weighted by Crippen LogP contribution is 2.27. The van der Waals surface area contributed by atoms with Gasteiger partial charge in [0.2, 0.25) is 0 Å². The van der Waals surface area contributed by atoms with E-state index in [2.05, 4.69) is 4.98 Å². The number of ether oxygens (including phenoxy) is 1. The molecule has 1 aliphatic heterocycles. The third-order valence-corrected chi connectivity index (χ3v) is 1.41. The fraction of sp³-hybridized carbons (Fsp3) is 0.286. The molecule has 0 bridgehead atoms. The lowest BCUT2D eigenvalue weighted by molar-refractivity contribution is 0.411. The minimum Gasteiger partial charge on any atom is -0.366 e. The lowest BCUT2D eigenvalue weighted by Gasteiger charge is -1.91. The van der Waals surface area contributed by atoms with Crippen molar-refractivity contribution in [3.63, 3.8) is 0 Å². The molecule has 1 fully saturated rings. The van der Waals surface area contributed by atoms with E-state index >= 15 is 0 Å². The number of hydrogen-bond acceptors (Lipinski definition) is 2. The lowest BCUT2D eigenvalue weighted by Crippen LogP contribution is -1.86. The Hall–Kier alpha value is -0.960. The monoisotopic (exact) mass is 139 g/mol. The molecule has 1 aromatic heterocycles. The highest BCUT2D eigenvalue weighted by atomic mass is 19.1. The van der Waals surface area contributed by atoms with Crippen LogP contribution in [-0.4, -0.2) is 11.6 Å². The van der Waals surface area contributed by atoms with Crippen LogP contribution in [0.5, 0.6) is 0 Å². The van der Waals surface area contributed by atoms with Crippen molar-refractivity contribution in [1.29, 1.82) is 0 Å². The van der Waals surface area contributed by atoms with Crippen LogP contribution in [0.25, 0.3) is 0 Å². The van der Waals surface area contributed by atoms with E-state index in [0.29, 0.717) is 0 Å². The number of hydrogen-bond donors (Lipinski definition) is 0. The second-order valence-electron chi connectivity index (χ2n) is 2.22. The molecule has 0 saturated carbocycles. The van der Waals surface area contributed by atoms with E-state index in [-0.39, 0.29) is 11.9 Å². The van der Waals surface area contributed by atoms with Gasteiger partial charge in [0.05, 0.1) is 18.5 Å². The van der Waals surface area contributed by atoms with E-state index in [1.165, 1.54) is 12.3 Å². The lowest BCUT2D eigenvalue weighted by atomic mass is 10.3. The molecule has 2 rings (SSSR count). The van der Waals surface area contributed by atoms with Crippen molar-refractivity contribution in [2.75, 3.05) is 6.61 Å². The molecule has 52 valence electrons. The molecule has 1 atom stereocenters. The second-order valence-corrected chi connectivity index (χ2v) is 2.22. The molecule has 0 aliphatic carbocycles. The Kier molecular flexibility index (Phi) is 1.17. The number of rotatable bonds is 1. The van der Waals surface area contributed by atoms with Crippen molar-refractivity contribution in [3.05, 3.63) is 29.8 Å². The first-order valence-corrected chi connectivity index (χ1v) is 3.09. The number of nitrogens with zero attached hydrogens (tertiary/aromatic N) is 1. The quantitative estimate of drug-likeness (QED) is 0.548. The SMILES string of the molecule is Fc1ccc([C@@H]2CO2)nc1. The molecule has 0 aromatic carbocycles. The van der Waals surface area contributed by atoms with Gasteiger partial charge in [-0.05, 0) is 12.1 Å². The summed E-state index contributed by atoms with van der Waals surface area (Å²) >= 11 is 0. The molecule has 10 heavy (non-hydrogen) atoms. The highest BCUT2D eigenvalue weighted by molar-refractivity contribution is 5.11. The fourth-order valence-electron chi connectivity index (χ4n) is 0.797. The maximum atomic E-state index is 12.3. The van der Waals surface area contributed by atoms with E-state index in [4.69, 9.17) is 4.74 Å². The Morgan fingerprint density at radius 1 is 1.60 bits per heavy atom. The van der Waals surface area contributed by atoms with E-state index < -0.39 is 0 Å². The van der Waals surface area contributed by atoms with E-state index in [0.717, 1.165) is 12.3 Å². The first kappa shape index (κ1) is 5.80. The zero-order valence-electron chi connectivity index (χ0n) is 5.25. The Bertz CT molecular complexity index is 230. The molecule has 1 aliphatic rings. The van der Waals surface area contributed by atoms with Crippen molar-refractivity contribution in [3.8, 4) is 0 Å². The second kappa shape index (κ2) is 2.02. The topological polar surface area (TPSA) is 25.4 Å². The van der Waals surface area contributed by atoms with Gasteiger partial charge in [0.25, 0.3) is 0 Å². The molecule has 3 heteroatoms. The van der Waals surface area contributed by atoms with Crippen LogP contribution in [0, 0.1) is 5.82 Å². The Morgan fingerprint density at radius 2 is 2.40 bits per heavy atom. The summed E-state index contributed by atoms with van der Waals surface area (Å²) in [5.41, 5.74) is 0.821. The summed E-state index contributed by atoms with van der Waals surface area (Å²) < 4.78 is 17.2. The van der Waals surface area contributed by atoms with Gasteiger partial charge in [-0.2, -0.15) is 0 Å². The van der Waals surface area contributed by atoms with Crippen LogP contribution in [0.3, 0.4) is 0 Å². The van der Waals surface area contributed by atoms with Gasteiger partial charge in [-0.25, -0.2) is 4.39 Å². The highest BCUT2D eigenvalue weighted by Gasteiger charge is 2.25. The predicted octanol–water partition coefficient (Wildman–Crippen LogP) is 1.29. The third-order valence-electron chi connectivity index (χ3n) is 1.41. The van der Waals surface area contributed by atoms with Crippen LogP contribution in [-0.2, 0) is 4.74 Å². The zero-order chi connectivity index (χ0) is 6.97. The van der Waals surface area contributed by atoms with Crippen LogP contribution in [0.4, 0.5) is 4.39 Å². The number of aromatic nitrogens is 1. The summed E-state index contributed by atoms with van der Waals surface area (Å²) in [7, 11) is 0. The molecule has 0 amide bonds. The van der Waals surface area contributed by atoms with Gasteiger partial charge in [0.1, 0.15) is 11.9 Å². The van der Waals surface area contributed by atoms with Crippen molar-refractivity contribution in [1.82, 2.24) is 4.98 Å². The van der Waals surface area contributed by atoms with Crippen LogP contribution in [0.15, 0.2) is 18.3 Å². The van der Waals surface area contributed by atoms with Crippen molar-refractivity contribution >= 4 is 0 Å². The Labute approximate surface area is 57.7 Å². The summed E-state index contributed by atoms with van der Waals surface area (Å²) in [5.74, 6) is -0.301. The van der Waals surface area contributed by atoms with Gasteiger partial charge < -0.3 is 4.74 Å². The average molecular weight is 139 g/mol. The van der Waals surface area contributed by atoms with Crippen molar-refractivity contribution < 1.29 is 9.13 Å². The Morgan fingerprint density at radius 3 is 2.90 bits per heavy atom. The van der Waals surface area contributed by atoms with Crippen LogP contribution in [0.2, 0.25) is 0 Å². The average Bonchev–Trinajstić information content (AvgIpc) is 2.71. The molecule has 0 radical (unpaired) electrons. The smallest absolute Gasteiger partial charge is 0.141 e. The largest absolute Gasteiger partial charge is 0.366 e. The summed E-state index contributed by atoms with van der Waals surface area (Å²) in [5, 5.41) is 0. The standard InChI is InChI=1S/C7H6FNO/c8-5-1-2-6(9-3-5)7-4-10-7/h1-3,7H,4H2/t7-/m0/s1. The minimum atomic E-state index is -0.301. The van der Waals surface area contributed by atoms with Crippen molar-refractivity contribution in [2.45, 2.75) is 6.10 Å². The zero-order valence-corrected chi connectivity index (χ0v) is 5.25. The normalized spacial score (nSPS) is 22.7. The Balaban J connectivity index is 2.28. The maximum absolute atomic E-state index is 12.3. The van der Waals surface area contributed by atoms with Gasteiger partial charge in [-0.15, -0.1) is 0 Å². The summed E-state index contributed by atoms with van der Waals surface area (Å²) in [6.07, 6.45) is 1.33. The molecular formula is C7H6FNO. The summed E-state index contributed by atoms with van der Waals surface area (Å²) in [6, 6.07) is 3.04. The fourth-order valence-corrected chi connectivity index (χ4v) is 0.797. The molecule has 0 spiro atoms. The maximum Gasteiger partial charge on any atom is 0.141 e. The summed E-state index contributed by atoms with van der Waals surface area (Å²) in [4.78, 5) is 3.84. The van der Waals surface area contributed by atoms with Gasteiger partial charge >= 0.3 is 0 Å². The van der Waals surface area contributed by atoms with E-state index in [1.807, 2.05) is 0 Å². The molecule has 0 N–H and O–H groups in total. The van der Waals surface area contributed by atoms with Crippen molar-refractivity contribution in [2.24, 2.45) is 0 Å². The number of epoxide rings is 1. The molecule has 2 nitrogen and oxygen atoms in total. The predicted molar refractivity (Wildman–Crippen MR) is 32.9 cm³/mol. The van der Waals surface area contributed by atoms with Crippen LogP contribution in [0.1, 0.15) is 11.8 Å². The molecule has 1 aromatic rings. The molecule has 2 heterocycles. The van der Waals surface area contributed by atoms with E-state index in [9.17, 15) is 4.39 Å². The van der Waals surface area contributed by atoms with Crippen LogP contribution < -0.4 is 0 Å². The van der Waals surface area contributed by atoms with Gasteiger partial charge in [0.15, 0.2) is 0 Å².